The Hall–Kier alpha value is -0.573. The van der Waals surface area contributed by atoms with Crippen LogP contribution in [0.2, 0.25) is 24.7 Å². The molecule has 1 rings (SSSR count). The lowest BCUT2D eigenvalue weighted by atomic mass is 10.2. The quantitative estimate of drug-likeness (QED) is 0.594. The van der Waals surface area contributed by atoms with E-state index in [1.165, 1.54) is 19.3 Å². The molecule has 1 amide bonds. The second-order valence-electron chi connectivity index (χ2n) is 5.43. The molecule has 0 aliphatic carbocycles. The van der Waals surface area contributed by atoms with Gasteiger partial charge in [-0.1, -0.05) is 51.4 Å². The van der Waals surface area contributed by atoms with Crippen LogP contribution in [0.3, 0.4) is 0 Å². The van der Waals surface area contributed by atoms with E-state index < -0.39 is 8.07 Å². The van der Waals surface area contributed by atoms with Gasteiger partial charge in [-0.05, 0) is 12.0 Å². The molecule has 1 aliphatic rings. The zero-order valence-corrected chi connectivity index (χ0v) is 12.1. The highest BCUT2D eigenvalue weighted by molar-refractivity contribution is 6.78. The first-order valence-electron chi connectivity index (χ1n) is 6.29. The van der Waals surface area contributed by atoms with Crippen LogP contribution in [0.1, 0.15) is 39.0 Å². The summed E-state index contributed by atoms with van der Waals surface area (Å²) in [5.41, 5.74) is 5.88. The van der Waals surface area contributed by atoms with Crippen LogP contribution in [0.4, 0.5) is 0 Å². The van der Waals surface area contributed by atoms with Gasteiger partial charge in [-0.25, -0.2) is 0 Å². The molecule has 1 atom stereocenters. The van der Waals surface area contributed by atoms with E-state index in [0.29, 0.717) is 12.8 Å². The Balaban J connectivity index is 0.000000293. The highest BCUT2D eigenvalue weighted by Crippen LogP contribution is 2.36. The van der Waals surface area contributed by atoms with Crippen molar-refractivity contribution in [3.63, 3.8) is 0 Å². The van der Waals surface area contributed by atoms with Crippen LogP contribution in [0.15, 0.2) is 12.7 Å². The van der Waals surface area contributed by atoms with Gasteiger partial charge in [0.15, 0.2) is 0 Å². The topological polar surface area (TPSA) is 43.1 Å². The van der Waals surface area contributed by atoms with E-state index in [0.717, 1.165) is 5.54 Å². The Morgan fingerprint density at radius 3 is 2.38 bits per heavy atom. The summed E-state index contributed by atoms with van der Waals surface area (Å²) in [6.45, 7) is 11.0. The Kier molecular flexibility index (Phi) is 7.39. The third-order valence-electron chi connectivity index (χ3n) is 3.64. The Labute approximate surface area is 101 Å². The molecule has 1 aliphatic heterocycles. The minimum atomic E-state index is -0.694. The van der Waals surface area contributed by atoms with Gasteiger partial charge in [0.25, 0.3) is 0 Å². The standard InChI is InChI=1S/C8H18Si.C5H9NO/c1-8-6-4-5-7-9(8,2)3;1-2-3-4-5(6)7/h8H,4-7H2,1-3H3;2H,1,3-4H2,(H2,6,7). The summed E-state index contributed by atoms with van der Waals surface area (Å²) in [5.74, 6) is -0.264. The molecule has 3 heteroatoms. The fraction of sp³-hybridized carbons (Fsp3) is 0.769. The molecule has 2 nitrogen and oxygen atoms in total. The van der Waals surface area contributed by atoms with Crippen LogP contribution in [0.5, 0.6) is 0 Å². The lowest BCUT2D eigenvalue weighted by Crippen LogP contribution is -2.33. The molecular formula is C13H27NOSi. The second-order valence-corrected chi connectivity index (χ2v) is 10.9. The van der Waals surface area contributed by atoms with E-state index in [4.69, 9.17) is 5.73 Å². The fourth-order valence-corrected chi connectivity index (χ4v) is 4.55. The van der Waals surface area contributed by atoms with E-state index >= 15 is 0 Å². The third kappa shape index (κ3) is 6.83. The predicted octanol–water partition coefficient (Wildman–Crippen LogP) is 3.71. The molecule has 1 unspecified atom stereocenters. The molecule has 0 bridgehead atoms. The van der Waals surface area contributed by atoms with Crippen molar-refractivity contribution in [3.8, 4) is 0 Å². The maximum absolute atomic E-state index is 9.93. The van der Waals surface area contributed by atoms with Gasteiger partial charge in [0, 0.05) is 6.42 Å². The van der Waals surface area contributed by atoms with Crippen LogP contribution >= 0.6 is 0 Å². The molecule has 0 spiro atoms. The minimum absolute atomic E-state index is 0.264. The molecule has 0 aromatic carbocycles. The van der Waals surface area contributed by atoms with Crippen molar-refractivity contribution >= 4 is 14.0 Å². The van der Waals surface area contributed by atoms with Crippen molar-refractivity contribution < 1.29 is 4.79 Å². The first-order chi connectivity index (χ1) is 7.40. The van der Waals surface area contributed by atoms with Crippen molar-refractivity contribution in [1.82, 2.24) is 0 Å². The number of allylic oxidation sites excluding steroid dienone is 1. The summed E-state index contributed by atoms with van der Waals surface area (Å²) in [7, 11) is -0.694. The summed E-state index contributed by atoms with van der Waals surface area (Å²) in [6, 6.07) is 1.58. The number of amides is 1. The normalized spacial score (nSPS) is 22.8. The summed E-state index contributed by atoms with van der Waals surface area (Å²) in [5, 5.41) is 0. The Morgan fingerprint density at radius 1 is 1.50 bits per heavy atom. The zero-order valence-electron chi connectivity index (χ0n) is 11.1. The number of carbonyl (C=O) groups is 1. The summed E-state index contributed by atoms with van der Waals surface area (Å²) in [6.07, 6.45) is 7.31. The van der Waals surface area contributed by atoms with E-state index in [-0.39, 0.29) is 5.91 Å². The highest BCUT2D eigenvalue weighted by atomic mass is 28.3. The van der Waals surface area contributed by atoms with Crippen LogP contribution in [0, 0.1) is 0 Å². The van der Waals surface area contributed by atoms with Gasteiger partial charge < -0.3 is 5.73 Å². The smallest absolute Gasteiger partial charge is 0.217 e. The molecule has 94 valence electrons. The van der Waals surface area contributed by atoms with Crippen molar-refractivity contribution in [3.05, 3.63) is 12.7 Å². The van der Waals surface area contributed by atoms with E-state index in [1.807, 2.05) is 0 Å². The van der Waals surface area contributed by atoms with Crippen LogP contribution in [0.25, 0.3) is 0 Å². The molecule has 0 radical (unpaired) electrons. The predicted molar refractivity (Wildman–Crippen MR) is 74.2 cm³/mol. The molecular weight excluding hydrogens is 214 g/mol. The first-order valence-corrected chi connectivity index (χ1v) is 9.58. The molecule has 0 aromatic rings. The maximum atomic E-state index is 9.93. The fourth-order valence-electron chi connectivity index (χ4n) is 1.91. The number of carbonyl (C=O) groups excluding carboxylic acids is 1. The first kappa shape index (κ1) is 15.4. The number of rotatable bonds is 3. The van der Waals surface area contributed by atoms with Crippen molar-refractivity contribution in [2.24, 2.45) is 5.73 Å². The molecule has 0 aromatic heterocycles. The maximum Gasteiger partial charge on any atom is 0.217 e. The number of nitrogens with two attached hydrogens (primary N) is 1. The molecule has 1 fully saturated rings. The number of primary amides is 1. The van der Waals surface area contributed by atoms with Crippen molar-refractivity contribution in [2.75, 3.05) is 0 Å². The molecule has 16 heavy (non-hydrogen) atoms. The van der Waals surface area contributed by atoms with Gasteiger partial charge in [-0.15, -0.1) is 6.58 Å². The van der Waals surface area contributed by atoms with Gasteiger partial charge in [0.05, 0.1) is 8.07 Å². The Bertz CT molecular complexity index is 226. The number of hydrogen-bond donors (Lipinski definition) is 1. The van der Waals surface area contributed by atoms with E-state index in [9.17, 15) is 4.79 Å². The lowest BCUT2D eigenvalue weighted by Gasteiger charge is -2.34. The van der Waals surface area contributed by atoms with Gasteiger partial charge in [-0.3, -0.25) is 4.79 Å². The van der Waals surface area contributed by atoms with Gasteiger partial charge in [0.2, 0.25) is 5.91 Å². The summed E-state index contributed by atoms with van der Waals surface area (Å²) < 4.78 is 0. The van der Waals surface area contributed by atoms with Crippen molar-refractivity contribution in [2.45, 2.75) is 63.7 Å². The highest BCUT2D eigenvalue weighted by Gasteiger charge is 2.30. The Morgan fingerprint density at radius 2 is 2.12 bits per heavy atom. The largest absolute Gasteiger partial charge is 0.370 e. The average Bonchev–Trinajstić information content (AvgIpc) is 2.20. The van der Waals surface area contributed by atoms with Gasteiger partial charge in [-0.2, -0.15) is 0 Å². The van der Waals surface area contributed by atoms with Crippen LogP contribution in [-0.2, 0) is 4.79 Å². The lowest BCUT2D eigenvalue weighted by molar-refractivity contribution is -0.117. The molecule has 1 saturated heterocycles. The average molecular weight is 241 g/mol. The summed E-state index contributed by atoms with van der Waals surface area (Å²) >= 11 is 0. The zero-order chi connectivity index (χ0) is 12.6. The van der Waals surface area contributed by atoms with Crippen molar-refractivity contribution in [1.29, 1.82) is 0 Å². The molecule has 2 N–H and O–H groups in total. The van der Waals surface area contributed by atoms with Gasteiger partial charge >= 0.3 is 0 Å². The molecule has 1 heterocycles. The molecule has 0 saturated carbocycles. The van der Waals surface area contributed by atoms with Crippen LogP contribution in [-0.4, -0.2) is 14.0 Å². The number of hydrogen-bond acceptors (Lipinski definition) is 1. The van der Waals surface area contributed by atoms with E-state index in [1.54, 1.807) is 12.1 Å². The van der Waals surface area contributed by atoms with E-state index in [2.05, 4.69) is 26.6 Å². The monoisotopic (exact) mass is 241 g/mol. The SMILES string of the molecule is C=CCCC(N)=O.CC1CCCC[Si]1(C)C. The minimum Gasteiger partial charge on any atom is -0.370 e. The third-order valence-corrected chi connectivity index (χ3v) is 8.24. The second kappa shape index (κ2) is 7.66. The van der Waals surface area contributed by atoms with Gasteiger partial charge in [0.1, 0.15) is 0 Å². The van der Waals surface area contributed by atoms with Crippen LogP contribution < -0.4 is 5.73 Å². The summed E-state index contributed by atoms with van der Waals surface area (Å²) in [4.78, 5) is 9.93.